The van der Waals surface area contributed by atoms with Crippen molar-refractivity contribution in [3.05, 3.63) is 71.6 Å². The van der Waals surface area contributed by atoms with Gasteiger partial charge in [-0.2, -0.15) is 5.10 Å². The summed E-state index contributed by atoms with van der Waals surface area (Å²) in [7, 11) is 0. The van der Waals surface area contributed by atoms with Gasteiger partial charge in [0.25, 0.3) is 0 Å². The van der Waals surface area contributed by atoms with Crippen LogP contribution in [0, 0.1) is 6.92 Å². The fraction of sp³-hybridized carbons (Fsp3) is 0.0526. The first-order chi connectivity index (χ1) is 12.3. The molecule has 122 valence electrons. The molecule has 5 nitrogen and oxygen atoms in total. The number of hydrogen-bond acceptors (Lipinski definition) is 6. The smallest absolute Gasteiger partial charge is 0.159 e. The van der Waals surface area contributed by atoms with Crippen molar-refractivity contribution in [2.45, 2.75) is 6.92 Å². The highest BCUT2D eigenvalue weighted by atomic mass is 32.1. The summed E-state index contributed by atoms with van der Waals surface area (Å²) in [6.45, 7) is 2.08. The Bertz CT molecular complexity index is 1020. The molecule has 0 aliphatic carbocycles. The van der Waals surface area contributed by atoms with Crippen molar-refractivity contribution in [2.24, 2.45) is 5.10 Å². The van der Waals surface area contributed by atoms with Crippen LogP contribution in [0.3, 0.4) is 0 Å². The lowest BCUT2D eigenvalue weighted by molar-refractivity contribution is 1.19. The first kappa shape index (κ1) is 15.4. The van der Waals surface area contributed by atoms with E-state index in [1.807, 2.05) is 12.1 Å². The molecule has 6 heteroatoms. The summed E-state index contributed by atoms with van der Waals surface area (Å²) in [5, 5.41) is 7.39. The highest BCUT2D eigenvalue weighted by Crippen LogP contribution is 2.36. The SMILES string of the molecule is Cc1ccc(-c2csc3ncnc(N/N=C\c4cccnc4)c23)cc1. The molecule has 0 radical (unpaired) electrons. The number of rotatable bonds is 4. The third kappa shape index (κ3) is 3.25. The van der Waals surface area contributed by atoms with Gasteiger partial charge in [-0.1, -0.05) is 35.9 Å². The molecule has 0 bridgehead atoms. The molecule has 0 amide bonds. The Morgan fingerprint density at radius 2 is 2.00 bits per heavy atom. The highest BCUT2D eigenvalue weighted by molar-refractivity contribution is 7.17. The van der Waals surface area contributed by atoms with E-state index >= 15 is 0 Å². The van der Waals surface area contributed by atoms with Gasteiger partial charge in [-0.25, -0.2) is 9.97 Å². The van der Waals surface area contributed by atoms with Crippen LogP contribution in [-0.2, 0) is 0 Å². The number of fused-ring (bicyclic) bond motifs is 1. The Morgan fingerprint density at radius 3 is 2.80 bits per heavy atom. The maximum atomic E-state index is 4.38. The van der Waals surface area contributed by atoms with Gasteiger partial charge in [0.15, 0.2) is 5.82 Å². The fourth-order valence-corrected chi connectivity index (χ4v) is 3.44. The molecule has 0 atom stereocenters. The molecular formula is C19H15N5S. The largest absolute Gasteiger partial charge is 0.264 e. The molecule has 0 spiro atoms. The Hall–Kier alpha value is -3.12. The summed E-state index contributed by atoms with van der Waals surface area (Å²) < 4.78 is 0. The molecule has 0 fully saturated rings. The van der Waals surface area contributed by atoms with Crippen molar-refractivity contribution in [1.82, 2.24) is 15.0 Å². The average molecular weight is 345 g/mol. The van der Waals surface area contributed by atoms with Crippen molar-refractivity contribution >= 4 is 33.6 Å². The van der Waals surface area contributed by atoms with Gasteiger partial charge in [-0.05, 0) is 18.6 Å². The van der Waals surface area contributed by atoms with E-state index in [9.17, 15) is 0 Å². The molecule has 1 N–H and O–H groups in total. The topological polar surface area (TPSA) is 63.1 Å². The second-order valence-corrected chi connectivity index (χ2v) is 6.43. The number of benzene rings is 1. The number of anilines is 1. The first-order valence-corrected chi connectivity index (χ1v) is 8.67. The summed E-state index contributed by atoms with van der Waals surface area (Å²) in [5.41, 5.74) is 7.45. The quantitative estimate of drug-likeness (QED) is 0.437. The van der Waals surface area contributed by atoms with Gasteiger partial charge in [-0.3, -0.25) is 10.4 Å². The van der Waals surface area contributed by atoms with Crippen LogP contribution < -0.4 is 5.43 Å². The molecule has 0 saturated heterocycles. The number of nitrogens with zero attached hydrogens (tertiary/aromatic N) is 4. The molecule has 4 rings (SSSR count). The average Bonchev–Trinajstić information content (AvgIpc) is 3.08. The second kappa shape index (κ2) is 6.78. The van der Waals surface area contributed by atoms with E-state index in [4.69, 9.17) is 0 Å². The molecule has 25 heavy (non-hydrogen) atoms. The summed E-state index contributed by atoms with van der Waals surface area (Å²) in [6, 6.07) is 12.3. The Balaban J connectivity index is 1.70. The first-order valence-electron chi connectivity index (χ1n) is 7.79. The van der Waals surface area contributed by atoms with Crippen LogP contribution >= 0.6 is 11.3 Å². The lowest BCUT2D eigenvalue weighted by Crippen LogP contribution is -1.95. The van der Waals surface area contributed by atoms with Crippen LogP contribution in [0.1, 0.15) is 11.1 Å². The van der Waals surface area contributed by atoms with Crippen LogP contribution in [0.25, 0.3) is 21.3 Å². The van der Waals surface area contributed by atoms with E-state index in [0.717, 1.165) is 26.9 Å². The van der Waals surface area contributed by atoms with E-state index < -0.39 is 0 Å². The van der Waals surface area contributed by atoms with E-state index in [0.29, 0.717) is 5.82 Å². The summed E-state index contributed by atoms with van der Waals surface area (Å²) in [4.78, 5) is 13.8. The molecule has 0 aliphatic heterocycles. The molecule has 1 aromatic carbocycles. The van der Waals surface area contributed by atoms with Gasteiger partial charge in [0, 0.05) is 28.9 Å². The van der Waals surface area contributed by atoms with Crippen molar-refractivity contribution in [3.63, 3.8) is 0 Å². The minimum Gasteiger partial charge on any atom is -0.264 e. The van der Waals surface area contributed by atoms with Gasteiger partial charge in [0.2, 0.25) is 0 Å². The van der Waals surface area contributed by atoms with E-state index in [1.54, 1.807) is 36.3 Å². The van der Waals surface area contributed by atoms with Gasteiger partial charge in [0.1, 0.15) is 11.2 Å². The van der Waals surface area contributed by atoms with Crippen LogP contribution in [0.5, 0.6) is 0 Å². The number of hydrazone groups is 1. The normalized spacial score (nSPS) is 11.2. The van der Waals surface area contributed by atoms with Crippen LogP contribution in [-0.4, -0.2) is 21.2 Å². The molecule has 0 unspecified atom stereocenters. The second-order valence-electron chi connectivity index (χ2n) is 5.57. The van der Waals surface area contributed by atoms with Gasteiger partial charge < -0.3 is 0 Å². The van der Waals surface area contributed by atoms with Crippen molar-refractivity contribution in [2.75, 3.05) is 5.43 Å². The molecule has 3 aromatic heterocycles. The number of aryl methyl sites for hydroxylation is 1. The molecule has 3 heterocycles. The number of pyridine rings is 1. The highest BCUT2D eigenvalue weighted by Gasteiger charge is 2.12. The minimum atomic E-state index is 0.696. The zero-order valence-electron chi connectivity index (χ0n) is 13.5. The maximum absolute atomic E-state index is 4.38. The Morgan fingerprint density at radius 1 is 1.12 bits per heavy atom. The summed E-state index contributed by atoms with van der Waals surface area (Å²) in [5.74, 6) is 0.696. The van der Waals surface area contributed by atoms with Gasteiger partial charge in [0.05, 0.1) is 11.6 Å². The lowest BCUT2D eigenvalue weighted by atomic mass is 10.0. The summed E-state index contributed by atoms with van der Waals surface area (Å²) >= 11 is 1.60. The van der Waals surface area contributed by atoms with E-state index in [2.05, 4.69) is 62.0 Å². The Labute approximate surface area is 149 Å². The number of nitrogens with one attached hydrogen (secondary N) is 1. The van der Waals surface area contributed by atoms with Crippen LogP contribution in [0.4, 0.5) is 5.82 Å². The summed E-state index contributed by atoms with van der Waals surface area (Å²) in [6.07, 6.45) is 6.76. The third-order valence-corrected chi connectivity index (χ3v) is 4.69. The standard InChI is InChI=1S/C19H15N5S/c1-13-4-6-15(7-5-13)16-11-25-19-17(16)18(21-12-22-19)24-23-10-14-3-2-8-20-9-14/h2-12H,1H3,(H,21,22,24)/b23-10-. The van der Waals surface area contributed by atoms with Crippen molar-refractivity contribution in [3.8, 4) is 11.1 Å². The zero-order valence-corrected chi connectivity index (χ0v) is 14.4. The molecular weight excluding hydrogens is 330 g/mol. The molecule has 0 aliphatic rings. The predicted molar refractivity (Wildman–Crippen MR) is 103 cm³/mol. The molecule has 0 saturated carbocycles. The van der Waals surface area contributed by atoms with Crippen molar-refractivity contribution < 1.29 is 0 Å². The predicted octanol–water partition coefficient (Wildman–Crippen LogP) is 4.51. The monoisotopic (exact) mass is 345 g/mol. The number of thiophene rings is 1. The van der Waals surface area contributed by atoms with E-state index in [-0.39, 0.29) is 0 Å². The minimum absolute atomic E-state index is 0.696. The van der Waals surface area contributed by atoms with Crippen LogP contribution in [0.15, 0.2) is 65.6 Å². The van der Waals surface area contributed by atoms with Crippen molar-refractivity contribution in [1.29, 1.82) is 0 Å². The zero-order chi connectivity index (χ0) is 17.1. The lowest BCUT2D eigenvalue weighted by Gasteiger charge is -2.05. The molecule has 4 aromatic rings. The third-order valence-electron chi connectivity index (χ3n) is 3.80. The van der Waals surface area contributed by atoms with Gasteiger partial charge >= 0.3 is 0 Å². The van der Waals surface area contributed by atoms with E-state index in [1.165, 1.54) is 5.56 Å². The number of aromatic nitrogens is 3. The van der Waals surface area contributed by atoms with Gasteiger partial charge in [-0.15, -0.1) is 11.3 Å². The van der Waals surface area contributed by atoms with Crippen LogP contribution in [0.2, 0.25) is 0 Å². The maximum Gasteiger partial charge on any atom is 0.159 e. The Kier molecular flexibility index (Phi) is 4.18. The number of hydrogen-bond donors (Lipinski definition) is 1. The fourth-order valence-electron chi connectivity index (χ4n) is 2.53.